The number of pyridine rings is 1. The molecule has 6 heteroatoms. The van der Waals surface area contributed by atoms with E-state index in [1.165, 1.54) is 0 Å². The van der Waals surface area contributed by atoms with E-state index in [-0.39, 0.29) is 5.95 Å². The van der Waals surface area contributed by atoms with Gasteiger partial charge in [0.1, 0.15) is 5.69 Å². The first-order valence-electron chi connectivity index (χ1n) is 5.11. The van der Waals surface area contributed by atoms with Crippen LogP contribution < -0.4 is 5.73 Å². The maximum Gasteiger partial charge on any atom is 0.222 e. The van der Waals surface area contributed by atoms with Crippen molar-refractivity contribution in [3.8, 4) is 11.3 Å². The Labute approximate surface area is 97.1 Å². The number of aromatic nitrogens is 5. The standard InChI is InChI=1S/C11H10N6/c1-17-10-8(6-14-11(12)15-10)9(16-17)7-3-2-4-13-5-7/h2-6H,1H3,(H2,12,14,15). The second-order valence-corrected chi connectivity index (χ2v) is 3.68. The maximum atomic E-state index is 5.57. The SMILES string of the molecule is Cn1nc(-c2cccnc2)c2cnc(N)nc21. The third-order valence-corrected chi connectivity index (χ3v) is 2.53. The fourth-order valence-electron chi connectivity index (χ4n) is 1.77. The number of hydrogen-bond donors (Lipinski definition) is 1. The van der Waals surface area contributed by atoms with E-state index in [4.69, 9.17) is 5.73 Å². The fraction of sp³-hybridized carbons (Fsp3) is 0.0909. The van der Waals surface area contributed by atoms with Gasteiger partial charge in [-0.15, -0.1) is 0 Å². The van der Waals surface area contributed by atoms with Crippen molar-refractivity contribution < 1.29 is 0 Å². The number of anilines is 1. The second-order valence-electron chi connectivity index (χ2n) is 3.68. The van der Waals surface area contributed by atoms with Gasteiger partial charge in [0.25, 0.3) is 0 Å². The highest BCUT2D eigenvalue weighted by molar-refractivity contribution is 5.90. The van der Waals surface area contributed by atoms with Crippen molar-refractivity contribution in [1.82, 2.24) is 24.7 Å². The Kier molecular flexibility index (Phi) is 2.01. The molecule has 0 fully saturated rings. The summed E-state index contributed by atoms with van der Waals surface area (Å²) in [5, 5.41) is 5.29. The van der Waals surface area contributed by atoms with Crippen LogP contribution in [0.1, 0.15) is 0 Å². The average molecular weight is 226 g/mol. The first-order valence-corrected chi connectivity index (χ1v) is 5.11. The molecule has 0 aliphatic carbocycles. The van der Waals surface area contributed by atoms with E-state index in [0.29, 0.717) is 0 Å². The lowest BCUT2D eigenvalue weighted by molar-refractivity contribution is 0.789. The maximum absolute atomic E-state index is 5.57. The van der Waals surface area contributed by atoms with E-state index in [1.54, 1.807) is 23.3 Å². The third kappa shape index (κ3) is 1.50. The summed E-state index contributed by atoms with van der Waals surface area (Å²) in [6.45, 7) is 0. The molecule has 2 N–H and O–H groups in total. The molecule has 17 heavy (non-hydrogen) atoms. The molecule has 0 aliphatic rings. The first-order chi connectivity index (χ1) is 8.25. The molecule has 0 aliphatic heterocycles. The Morgan fingerprint density at radius 3 is 2.94 bits per heavy atom. The highest BCUT2D eigenvalue weighted by Gasteiger charge is 2.12. The predicted molar refractivity (Wildman–Crippen MR) is 63.9 cm³/mol. The van der Waals surface area contributed by atoms with Gasteiger partial charge < -0.3 is 5.73 Å². The molecule has 0 radical (unpaired) electrons. The molecule has 0 saturated carbocycles. The summed E-state index contributed by atoms with van der Waals surface area (Å²) in [5.74, 6) is 0.248. The van der Waals surface area contributed by atoms with Crippen LogP contribution in [0.15, 0.2) is 30.7 Å². The van der Waals surface area contributed by atoms with Gasteiger partial charge in [0.2, 0.25) is 5.95 Å². The topological polar surface area (TPSA) is 82.5 Å². The van der Waals surface area contributed by atoms with Crippen molar-refractivity contribution >= 4 is 17.0 Å². The lowest BCUT2D eigenvalue weighted by Gasteiger charge is -1.95. The molecule has 0 atom stereocenters. The summed E-state index contributed by atoms with van der Waals surface area (Å²) in [7, 11) is 1.83. The van der Waals surface area contributed by atoms with Gasteiger partial charge in [0.05, 0.1) is 5.39 Å². The molecule has 0 amide bonds. The number of nitrogens with zero attached hydrogens (tertiary/aromatic N) is 5. The average Bonchev–Trinajstić information content (AvgIpc) is 2.68. The molecule has 84 valence electrons. The van der Waals surface area contributed by atoms with Gasteiger partial charge in [-0.1, -0.05) is 0 Å². The molecule has 0 bridgehead atoms. The van der Waals surface area contributed by atoms with Crippen LogP contribution in [-0.2, 0) is 7.05 Å². The number of hydrogen-bond acceptors (Lipinski definition) is 5. The van der Waals surface area contributed by atoms with Gasteiger partial charge in [-0.05, 0) is 12.1 Å². The predicted octanol–water partition coefficient (Wildman–Crippen LogP) is 1.01. The molecule has 0 unspecified atom stereocenters. The van der Waals surface area contributed by atoms with Crippen LogP contribution in [0, 0.1) is 0 Å². The smallest absolute Gasteiger partial charge is 0.222 e. The normalized spacial score (nSPS) is 10.9. The van der Waals surface area contributed by atoms with Crippen molar-refractivity contribution in [2.24, 2.45) is 7.05 Å². The summed E-state index contributed by atoms with van der Waals surface area (Å²) in [6, 6.07) is 3.82. The van der Waals surface area contributed by atoms with Gasteiger partial charge in [-0.2, -0.15) is 10.1 Å². The van der Waals surface area contributed by atoms with Gasteiger partial charge in [0, 0.05) is 31.2 Å². The molecular weight excluding hydrogens is 216 g/mol. The molecule has 3 heterocycles. The number of fused-ring (bicyclic) bond motifs is 1. The van der Waals surface area contributed by atoms with E-state index in [2.05, 4.69) is 20.1 Å². The highest BCUT2D eigenvalue weighted by Crippen LogP contribution is 2.25. The third-order valence-electron chi connectivity index (χ3n) is 2.53. The monoisotopic (exact) mass is 226 g/mol. The molecule has 0 aromatic carbocycles. The summed E-state index contributed by atoms with van der Waals surface area (Å²) < 4.78 is 1.69. The lowest BCUT2D eigenvalue weighted by Crippen LogP contribution is -1.97. The molecule has 3 aromatic rings. The molecule has 0 saturated heterocycles. The summed E-state index contributed by atoms with van der Waals surface area (Å²) >= 11 is 0. The van der Waals surface area contributed by atoms with Crippen molar-refractivity contribution in [2.75, 3.05) is 5.73 Å². The van der Waals surface area contributed by atoms with E-state index in [0.717, 1.165) is 22.3 Å². The Bertz CT molecular complexity index is 673. The molecular formula is C11H10N6. The van der Waals surface area contributed by atoms with E-state index in [9.17, 15) is 0 Å². The van der Waals surface area contributed by atoms with Crippen LogP contribution in [0.4, 0.5) is 5.95 Å². The zero-order valence-corrected chi connectivity index (χ0v) is 9.20. The zero-order chi connectivity index (χ0) is 11.8. The van der Waals surface area contributed by atoms with Gasteiger partial charge in [-0.3, -0.25) is 4.98 Å². The van der Waals surface area contributed by atoms with Gasteiger partial charge in [-0.25, -0.2) is 9.67 Å². The minimum Gasteiger partial charge on any atom is -0.368 e. The van der Waals surface area contributed by atoms with Crippen molar-refractivity contribution in [3.63, 3.8) is 0 Å². The lowest BCUT2D eigenvalue weighted by atomic mass is 10.2. The van der Waals surface area contributed by atoms with Crippen molar-refractivity contribution in [2.45, 2.75) is 0 Å². The number of aryl methyl sites for hydroxylation is 1. The van der Waals surface area contributed by atoms with Crippen LogP contribution in [0.25, 0.3) is 22.3 Å². The fourth-order valence-corrected chi connectivity index (χ4v) is 1.77. The Morgan fingerprint density at radius 2 is 2.18 bits per heavy atom. The molecule has 6 nitrogen and oxygen atoms in total. The van der Waals surface area contributed by atoms with Crippen LogP contribution >= 0.6 is 0 Å². The molecule has 0 spiro atoms. The van der Waals surface area contributed by atoms with Crippen LogP contribution in [0.5, 0.6) is 0 Å². The van der Waals surface area contributed by atoms with E-state index < -0.39 is 0 Å². The van der Waals surface area contributed by atoms with Crippen LogP contribution in [0.3, 0.4) is 0 Å². The number of rotatable bonds is 1. The van der Waals surface area contributed by atoms with E-state index in [1.807, 2.05) is 19.2 Å². The minimum atomic E-state index is 0.248. The van der Waals surface area contributed by atoms with Gasteiger partial charge >= 0.3 is 0 Å². The zero-order valence-electron chi connectivity index (χ0n) is 9.20. The second kappa shape index (κ2) is 3.51. The van der Waals surface area contributed by atoms with Crippen molar-refractivity contribution in [1.29, 1.82) is 0 Å². The Hall–Kier alpha value is -2.50. The number of nitrogens with two attached hydrogens (primary N) is 1. The Balaban J connectivity index is 2.32. The van der Waals surface area contributed by atoms with Gasteiger partial charge in [0.15, 0.2) is 5.65 Å². The summed E-state index contributed by atoms with van der Waals surface area (Å²) in [4.78, 5) is 12.2. The van der Waals surface area contributed by atoms with Crippen LogP contribution in [-0.4, -0.2) is 24.7 Å². The van der Waals surface area contributed by atoms with Crippen molar-refractivity contribution in [3.05, 3.63) is 30.7 Å². The Morgan fingerprint density at radius 1 is 1.29 bits per heavy atom. The summed E-state index contributed by atoms with van der Waals surface area (Å²) in [6.07, 6.45) is 5.17. The molecule has 3 aromatic heterocycles. The number of nitrogen functional groups attached to an aromatic ring is 1. The molecule has 3 rings (SSSR count). The highest BCUT2D eigenvalue weighted by atomic mass is 15.3. The first kappa shape index (κ1) is 9.71. The van der Waals surface area contributed by atoms with E-state index >= 15 is 0 Å². The summed E-state index contributed by atoms with van der Waals surface area (Å²) in [5.41, 5.74) is 8.04. The quantitative estimate of drug-likeness (QED) is 0.669. The largest absolute Gasteiger partial charge is 0.368 e. The minimum absolute atomic E-state index is 0.248. The van der Waals surface area contributed by atoms with Crippen LogP contribution in [0.2, 0.25) is 0 Å².